The number of hydrogen-bond donors (Lipinski definition) is 1. The van der Waals surface area contributed by atoms with Crippen molar-refractivity contribution >= 4 is 22.7 Å². The van der Waals surface area contributed by atoms with Gasteiger partial charge in [0.2, 0.25) is 5.91 Å². The van der Waals surface area contributed by atoms with Crippen molar-refractivity contribution in [2.45, 2.75) is 25.7 Å². The standard InChI is InChI=1S/C22H29N3O4/c1-28-18-5-6-19-17(13-18)14-20(23-19)22(27)25-8-2-3-16(15-25)4-7-21(26)24-9-11-29-12-10-24/h5-6,13-14,16,23H,2-4,7-12,15H2,1H3. The average Bonchev–Trinajstić information content (AvgIpc) is 3.21. The summed E-state index contributed by atoms with van der Waals surface area (Å²) in [7, 11) is 1.64. The van der Waals surface area contributed by atoms with Crippen LogP contribution in [0.4, 0.5) is 0 Å². The third kappa shape index (κ3) is 4.56. The molecule has 0 bridgehead atoms. The minimum absolute atomic E-state index is 0.0318. The average molecular weight is 399 g/mol. The highest BCUT2D eigenvalue weighted by atomic mass is 16.5. The molecular formula is C22H29N3O4. The predicted molar refractivity (Wildman–Crippen MR) is 110 cm³/mol. The van der Waals surface area contributed by atoms with E-state index in [1.165, 1.54) is 0 Å². The Morgan fingerprint density at radius 3 is 2.79 bits per heavy atom. The van der Waals surface area contributed by atoms with Crippen molar-refractivity contribution in [2.24, 2.45) is 5.92 Å². The summed E-state index contributed by atoms with van der Waals surface area (Å²) < 4.78 is 10.6. The zero-order chi connectivity index (χ0) is 20.2. The number of H-pyrrole nitrogens is 1. The highest BCUT2D eigenvalue weighted by molar-refractivity contribution is 5.98. The number of benzene rings is 1. The predicted octanol–water partition coefficient (Wildman–Crippen LogP) is 2.67. The van der Waals surface area contributed by atoms with Gasteiger partial charge in [0, 0.05) is 43.5 Å². The summed E-state index contributed by atoms with van der Waals surface area (Å²) in [5, 5.41) is 0.970. The fourth-order valence-corrected chi connectivity index (χ4v) is 4.31. The Kier molecular flexibility index (Phi) is 6.04. The highest BCUT2D eigenvalue weighted by Gasteiger charge is 2.26. The third-order valence-electron chi connectivity index (χ3n) is 5.99. The van der Waals surface area contributed by atoms with Crippen LogP contribution in [0.1, 0.15) is 36.2 Å². The van der Waals surface area contributed by atoms with Crippen LogP contribution in [0.15, 0.2) is 24.3 Å². The van der Waals surface area contributed by atoms with Crippen LogP contribution in [0.3, 0.4) is 0 Å². The molecule has 1 aromatic carbocycles. The Morgan fingerprint density at radius 1 is 1.17 bits per heavy atom. The number of ether oxygens (including phenoxy) is 2. The zero-order valence-corrected chi connectivity index (χ0v) is 17.0. The van der Waals surface area contributed by atoms with E-state index in [-0.39, 0.29) is 11.8 Å². The lowest BCUT2D eigenvalue weighted by Crippen LogP contribution is -2.42. The van der Waals surface area contributed by atoms with Crippen molar-refractivity contribution in [3.05, 3.63) is 30.0 Å². The number of likely N-dealkylation sites (tertiary alicyclic amines) is 1. The molecule has 156 valence electrons. The monoisotopic (exact) mass is 399 g/mol. The normalized spacial score (nSPS) is 20.1. The van der Waals surface area contributed by atoms with Crippen LogP contribution >= 0.6 is 0 Å². The van der Waals surface area contributed by atoms with Gasteiger partial charge in [-0.15, -0.1) is 0 Å². The quantitative estimate of drug-likeness (QED) is 0.839. The fourth-order valence-electron chi connectivity index (χ4n) is 4.31. The van der Waals surface area contributed by atoms with E-state index in [1.54, 1.807) is 7.11 Å². The van der Waals surface area contributed by atoms with Crippen LogP contribution in [-0.4, -0.2) is 73.1 Å². The molecule has 2 saturated heterocycles. The van der Waals surface area contributed by atoms with Gasteiger partial charge in [0.05, 0.1) is 20.3 Å². The molecule has 29 heavy (non-hydrogen) atoms. The van der Waals surface area contributed by atoms with Gasteiger partial charge in [-0.05, 0) is 49.4 Å². The molecule has 2 aromatic rings. The minimum atomic E-state index is 0.0318. The fraction of sp³-hybridized carbons (Fsp3) is 0.545. The van der Waals surface area contributed by atoms with Gasteiger partial charge in [0.15, 0.2) is 0 Å². The van der Waals surface area contributed by atoms with Gasteiger partial charge < -0.3 is 24.3 Å². The van der Waals surface area contributed by atoms with Gasteiger partial charge in [-0.1, -0.05) is 0 Å². The molecule has 0 spiro atoms. The molecule has 1 unspecified atom stereocenters. The number of carbonyl (C=O) groups excluding carboxylic acids is 2. The Morgan fingerprint density at radius 2 is 2.00 bits per heavy atom. The second-order valence-corrected chi connectivity index (χ2v) is 7.93. The largest absolute Gasteiger partial charge is 0.497 e. The van der Waals surface area contributed by atoms with E-state index in [1.807, 2.05) is 34.1 Å². The lowest BCUT2D eigenvalue weighted by atomic mass is 9.93. The van der Waals surface area contributed by atoms with Gasteiger partial charge in [-0.25, -0.2) is 0 Å². The number of nitrogens with one attached hydrogen (secondary N) is 1. The molecule has 1 N–H and O–H groups in total. The van der Waals surface area contributed by atoms with Crippen LogP contribution in [0.5, 0.6) is 5.75 Å². The van der Waals surface area contributed by atoms with Crippen LogP contribution in [0.25, 0.3) is 10.9 Å². The Balaban J connectivity index is 1.35. The first-order chi connectivity index (χ1) is 14.1. The van der Waals surface area contributed by atoms with Gasteiger partial charge in [0.1, 0.15) is 11.4 Å². The summed E-state index contributed by atoms with van der Waals surface area (Å²) in [5.41, 5.74) is 1.54. The summed E-state index contributed by atoms with van der Waals surface area (Å²) in [4.78, 5) is 32.5. The van der Waals surface area contributed by atoms with Gasteiger partial charge in [-0.2, -0.15) is 0 Å². The maximum absolute atomic E-state index is 13.0. The van der Waals surface area contributed by atoms with Gasteiger partial charge in [-0.3, -0.25) is 9.59 Å². The summed E-state index contributed by atoms with van der Waals surface area (Å²) in [6.07, 6.45) is 3.45. The number of aromatic amines is 1. The first-order valence-electron chi connectivity index (χ1n) is 10.5. The maximum Gasteiger partial charge on any atom is 0.270 e. The van der Waals surface area contributed by atoms with E-state index >= 15 is 0 Å². The molecule has 3 heterocycles. The smallest absolute Gasteiger partial charge is 0.270 e. The zero-order valence-electron chi connectivity index (χ0n) is 17.0. The second-order valence-electron chi connectivity index (χ2n) is 7.93. The number of methoxy groups -OCH3 is 1. The number of nitrogens with zero attached hydrogens (tertiary/aromatic N) is 2. The Bertz CT molecular complexity index is 872. The van der Waals surface area contributed by atoms with Crippen LogP contribution in [0, 0.1) is 5.92 Å². The number of fused-ring (bicyclic) bond motifs is 1. The van der Waals surface area contributed by atoms with Crippen molar-refractivity contribution < 1.29 is 19.1 Å². The van der Waals surface area contributed by atoms with Crippen LogP contribution in [-0.2, 0) is 9.53 Å². The van der Waals surface area contributed by atoms with E-state index in [2.05, 4.69) is 4.98 Å². The lowest BCUT2D eigenvalue weighted by Gasteiger charge is -2.33. The molecule has 4 rings (SSSR count). The highest BCUT2D eigenvalue weighted by Crippen LogP contribution is 2.25. The number of rotatable bonds is 5. The second kappa shape index (κ2) is 8.86. The molecule has 7 heteroatoms. The van der Waals surface area contributed by atoms with Gasteiger partial charge >= 0.3 is 0 Å². The van der Waals surface area contributed by atoms with Crippen molar-refractivity contribution in [2.75, 3.05) is 46.5 Å². The summed E-state index contributed by atoms with van der Waals surface area (Å²) >= 11 is 0. The molecule has 2 amide bonds. The molecule has 2 aliphatic heterocycles. The first-order valence-corrected chi connectivity index (χ1v) is 10.5. The molecule has 2 fully saturated rings. The van der Waals surface area contributed by atoms with Gasteiger partial charge in [0.25, 0.3) is 5.91 Å². The molecular weight excluding hydrogens is 370 g/mol. The minimum Gasteiger partial charge on any atom is -0.497 e. The van der Waals surface area contributed by atoms with Crippen molar-refractivity contribution in [1.82, 2.24) is 14.8 Å². The SMILES string of the molecule is COc1ccc2[nH]c(C(=O)N3CCCC(CCC(=O)N4CCOCC4)C3)cc2c1. The van der Waals surface area contributed by atoms with E-state index in [9.17, 15) is 9.59 Å². The molecule has 0 radical (unpaired) electrons. The maximum atomic E-state index is 13.0. The number of morpholine rings is 1. The van der Waals surface area contributed by atoms with Crippen LogP contribution < -0.4 is 4.74 Å². The lowest BCUT2D eigenvalue weighted by molar-refractivity contribution is -0.135. The molecule has 0 saturated carbocycles. The number of aromatic nitrogens is 1. The van der Waals surface area contributed by atoms with Crippen molar-refractivity contribution in [3.8, 4) is 5.75 Å². The van der Waals surface area contributed by atoms with Crippen molar-refractivity contribution in [1.29, 1.82) is 0 Å². The molecule has 1 aromatic heterocycles. The molecule has 1 atom stereocenters. The first kappa shape index (κ1) is 19.8. The molecule has 0 aliphatic carbocycles. The molecule has 2 aliphatic rings. The van der Waals surface area contributed by atoms with E-state index < -0.39 is 0 Å². The summed E-state index contributed by atoms with van der Waals surface area (Å²) in [5.74, 6) is 1.39. The van der Waals surface area contributed by atoms with E-state index in [0.29, 0.717) is 50.9 Å². The number of carbonyl (C=O) groups is 2. The van der Waals surface area contributed by atoms with E-state index in [4.69, 9.17) is 9.47 Å². The topological polar surface area (TPSA) is 74.9 Å². The number of piperidine rings is 1. The Hall–Kier alpha value is -2.54. The number of hydrogen-bond acceptors (Lipinski definition) is 4. The van der Waals surface area contributed by atoms with Crippen LogP contribution in [0.2, 0.25) is 0 Å². The van der Waals surface area contributed by atoms with E-state index in [0.717, 1.165) is 42.5 Å². The third-order valence-corrected chi connectivity index (χ3v) is 5.99. The molecule has 7 nitrogen and oxygen atoms in total. The Labute approximate surface area is 170 Å². The summed E-state index contributed by atoms with van der Waals surface area (Å²) in [6, 6.07) is 7.64. The number of amides is 2. The van der Waals surface area contributed by atoms with Crippen molar-refractivity contribution in [3.63, 3.8) is 0 Å². The summed E-state index contributed by atoms with van der Waals surface area (Å²) in [6.45, 7) is 4.14.